The maximum Gasteiger partial charge on any atom is 0.116 e. The first-order valence-electron chi connectivity index (χ1n) is 4.24. The van der Waals surface area contributed by atoms with E-state index in [2.05, 4.69) is 4.90 Å². The first-order valence-corrected chi connectivity index (χ1v) is 4.64. The molecule has 0 aliphatic rings. The molecule has 3 nitrogen and oxygen atoms in total. The Morgan fingerprint density at radius 1 is 1.46 bits per heavy atom. The Bertz CT molecular complexity index is 259. The van der Waals surface area contributed by atoms with E-state index in [4.69, 9.17) is 23.2 Å². The van der Waals surface area contributed by atoms with Crippen LogP contribution in [0, 0.1) is 11.3 Å². The number of hydrogen-bond acceptors (Lipinski definition) is 3. The summed E-state index contributed by atoms with van der Waals surface area (Å²) in [4.78, 5) is 2.23. The summed E-state index contributed by atoms with van der Waals surface area (Å²) in [5.41, 5.74) is 6.70. The van der Waals surface area contributed by atoms with Crippen LogP contribution < -0.4 is 5.73 Å². The molecule has 13 heavy (non-hydrogen) atoms. The van der Waals surface area contributed by atoms with E-state index in [0.717, 1.165) is 18.8 Å². The zero-order chi connectivity index (χ0) is 10.4. The molecule has 0 saturated carbocycles. The average molecular weight is 197 g/mol. The van der Waals surface area contributed by atoms with E-state index in [1.54, 1.807) is 0 Å². The molecule has 0 rings (SSSR count). The van der Waals surface area contributed by atoms with Crippen molar-refractivity contribution in [2.24, 2.45) is 5.73 Å². The predicted octanol–water partition coefficient (Wildman–Crippen LogP) is 1.41. The van der Waals surface area contributed by atoms with Crippen LogP contribution in [0.4, 0.5) is 0 Å². The maximum absolute atomic E-state index is 8.80. The van der Waals surface area contributed by atoms with E-state index >= 15 is 0 Å². The van der Waals surface area contributed by atoms with Crippen molar-refractivity contribution in [3.63, 3.8) is 0 Å². The first-order chi connectivity index (χ1) is 6.08. The molecule has 0 bridgehead atoms. The largest absolute Gasteiger partial charge is 0.389 e. The third kappa shape index (κ3) is 3.03. The van der Waals surface area contributed by atoms with Gasteiger partial charge in [0.15, 0.2) is 0 Å². The molecule has 0 fully saturated rings. The maximum atomic E-state index is 8.80. The standard InChI is InChI=1S/C9H15N3S/c1-4-12(5-2)7(3)8(6-10)9(11)13/h4-5H2,1-3H3,(H2,11,13)/b8-7+. The molecule has 0 saturated heterocycles. The summed E-state index contributed by atoms with van der Waals surface area (Å²) in [6, 6.07) is 2.02. The summed E-state index contributed by atoms with van der Waals surface area (Å²) in [6.07, 6.45) is 0. The summed E-state index contributed by atoms with van der Waals surface area (Å²) in [6.45, 7) is 7.64. The molecule has 0 aliphatic heterocycles. The molecule has 2 N–H and O–H groups in total. The minimum atomic E-state index is 0.173. The van der Waals surface area contributed by atoms with Crippen LogP contribution in [-0.4, -0.2) is 23.0 Å². The topological polar surface area (TPSA) is 53.0 Å². The molecule has 0 spiro atoms. The van der Waals surface area contributed by atoms with Crippen molar-refractivity contribution >= 4 is 17.2 Å². The van der Waals surface area contributed by atoms with E-state index < -0.39 is 0 Å². The first kappa shape index (κ1) is 11.9. The highest BCUT2D eigenvalue weighted by Crippen LogP contribution is 2.09. The smallest absolute Gasteiger partial charge is 0.116 e. The summed E-state index contributed by atoms with van der Waals surface area (Å²) in [5, 5.41) is 8.80. The highest BCUT2D eigenvalue weighted by molar-refractivity contribution is 7.80. The second-order valence-corrected chi connectivity index (χ2v) is 3.05. The summed E-state index contributed by atoms with van der Waals surface area (Å²) in [5.74, 6) is 0. The van der Waals surface area contributed by atoms with Crippen LogP contribution in [0.1, 0.15) is 20.8 Å². The van der Waals surface area contributed by atoms with Gasteiger partial charge in [0, 0.05) is 18.8 Å². The lowest BCUT2D eigenvalue weighted by Gasteiger charge is -2.22. The number of nitrogens with two attached hydrogens (primary N) is 1. The molecule has 0 atom stereocenters. The van der Waals surface area contributed by atoms with Crippen LogP contribution in [0.3, 0.4) is 0 Å². The fourth-order valence-electron chi connectivity index (χ4n) is 1.17. The van der Waals surface area contributed by atoms with Crippen molar-refractivity contribution in [3.05, 3.63) is 11.3 Å². The average Bonchev–Trinajstić information content (AvgIpc) is 2.07. The summed E-state index contributed by atoms with van der Waals surface area (Å²) >= 11 is 4.78. The van der Waals surface area contributed by atoms with Crippen molar-refractivity contribution in [2.75, 3.05) is 13.1 Å². The minimum Gasteiger partial charge on any atom is -0.389 e. The molecule has 0 unspecified atom stereocenters. The highest BCUT2D eigenvalue weighted by atomic mass is 32.1. The zero-order valence-electron chi connectivity index (χ0n) is 8.29. The number of nitriles is 1. The minimum absolute atomic E-state index is 0.173. The van der Waals surface area contributed by atoms with E-state index in [9.17, 15) is 0 Å². The molecule has 0 heterocycles. The molecule has 0 aliphatic carbocycles. The Kier molecular flexibility index (Phi) is 5.09. The monoisotopic (exact) mass is 197 g/mol. The van der Waals surface area contributed by atoms with Crippen LogP contribution in [-0.2, 0) is 0 Å². The zero-order valence-corrected chi connectivity index (χ0v) is 9.11. The normalized spacial score (nSPS) is 11.5. The van der Waals surface area contributed by atoms with Gasteiger partial charge < -0.3 is 10.6 Å². The van der Waals surface area contributed by atoms with Gasteiger partial charge in [-0.1, -0.05) is 12.2 Å². The van der Waals surface area contributed by atoms with Gasteiger partial charge in [0.25, 0.3) is 0 Å². The van der Waals surface area contributed by atoms with E-state index in [1.807, 2.05) is 26.8 Å². The van der Waals surface area contributed by atoms with E-state index in [0.29, 0.717) is 5.57 Å². The lowest BCUT2D eigenvalue weighted by molar-refractivity contribution is 0.382. The molecule has 72 valence electrons. The van der Waals surface area contributed by atoms with Crippen LogP contribution in [0.25, 0.3) is 0 Å². The van der Waals surface area contributed by atoms with Gasteiger partial charge in [-0.3, -0.25) is 0 Å². The van der Waals surface area contributed by atoms with Gasteiger partial charge in [-0.25, -0.2) is 0 Å². The van der Waals surface area contributed by atoms with Crippen LogP contribution in [0.5, 0.6) is 0 Å². The second-order valence-electron chi connectivity index (χ2n) is 2.61. The molecule has 0 aromatic rings. The van der Waals surface area contributed by atoms with E-state index in [1.165, 1.54) is 0 Å². The molecule has 0 aromatic heterocycles. The molecule has 4 heteroatoms. The SMILES string of the molecule is CCN(CC)/C(C)=C(\C#N)C(N)=S. The quantitative estimate of drug-likeness (QED) is 0.420. The summed E-state index contributed by atoms with van der Waals surface area (Å²) in [7, 11) is 0. The Balaban J connectivity index is 4.96. The van der Waals surface area contributed by atoms with Crippen LogP contribution in [0.2, 0.25) is 0 Å². The number of hydrogen-bond donors (Lipinski definition) is 1. The predicted molar refractivity (Wildman–Crippen MR) is 58.0 cm³/mol. The fraction of sp³-hybridized carbons (Fsp3) is 0.556. The number of allylic oxidation sites excluding steroid dienone is 1. The lowest BCUT2D eigenvalue weighted by atomic mass is 10.2. The van der Waals surface area contributed by atoms with Gasteiger partial charge in [-0.05, 0) is 20.8 Å². The van der Waals surface area contributed by atoms with Crippen LogP contribution in [0.15, 0.2) is 11.3 Å². The highest BCUT2D eigenvalue weighted by Gasteiger charge is 2.09. The third-order valence-electron chi connectivity index (χ3n) is 1.96. The van der Waals surface area contributed by atoms with Crippen LogP contribution >= 0.6 is 12.2 Å². The Labute approximate surface area is 84.8 Å². The number of thiocarbonyl (C=S) groups is 1. The van der Waals surface area contributed by atoms with Gasteiger partial charge in [0.2, 0.25) is 0 Å². The van der Waals surface area contributed by atoms with Crippen molar-refractivity contribution in [1.82, 2.24) is 4.90 Å². The third-order valence-corrected chi connectivity index (χ3v) is 2.16. The Morgan fingerprint density at radius 2 is 1.92 bits per heavy atom. The molecule has 0 aromatic carbocycles. The molecular formula is C9H15N3S. The fourth-order valence-corrected chi connectivity index (χ4v) is 1.36. The van der Waals surface area contributed by atoms with Gasteiger partial charge in [-0.2, -0.15) is 5.26 Å². The number of nitrogens with zero attached hydrogens (tertiary/aromatic N) is 2. The molecular weight excluding hydrogens is 182 g/mol. The van der Waals surface area contributed by atoms with Gasteiger partial charge in [-0.15, -0.1) is 0 Å². The molecule has 0 radical (unpaired) electrons. The Morgan fingerprint density at radius 3 is 2.15 bits per heavy atom. The van der Waals surface area contributed by atoms with Gasteiger partial charge >= 0.3 is 0 Å². The number of rotatable bonds is 4. The van der Waals surface area contributed by atoms with Crippen molar-refractivity contribution in [3.8, 4) is 6.07 Å². The van der Waals surface area contributed by atoms with Crippen molar-refractivity contribution < 1.29 is 0 Å². The summed E-state index contributed by atoms with van der Waals surface area (Å²) < 4.78 is 0. The van der Waals surface area contributed by atoms with Crippen molar-refractivity contribution in [1.29, 1.82) is 5.26 Å². The Hall–Kier alpha value is -1.08. The lowest BCUT2D eigenvalue weighted by Crippen LogP contribution is -2.25. The molecule has 0 amide bonds. The van der Waals surface area contributed by atoms with Gasteiger partial charge in [0.05, 0.1) is 0 Å². The van der Waals surface area contributed by atoms with Gasteiger partial charge in [0.1, 0.15) is 16.6 Å². The van der Waals surface area contributed by atoms with Crippen molar-refractivity contribution in [2.45, 2.75) is 20.8 Å². The second kappa shape index (κ2) is 5.55. The van der Waals surface area contributed by atoms with E-state index in [-0.39, 0.29) is 4.99 Å².